The van der Waals surface area contributed by atoms with Crippen LogP contribution in [0.3, 0.4) is 0 Å². The molecule has 0 amide bonds. The molecule has 0 nitrogen and oxygen atoms in total. The molecule has 0 heterocycles. The predicted molar refractivity (Wildman–Crippen MR) is 141 cm³/mol. The molecule has 3 rings (SSSR count). The van der Waals surface area contributed by atoms with Gasteiger partial charge in [-0.05, 0) is 41.5 Å². The van der Waals surface area contributed by atoms with Gasteiger partial charge in [0, 0.05) is 37.2 Å². The molecular formula is C16H19I6-. The molecule has 0 N–H and O–H groups in total. The summed E-state index contributed by atoms with van der Waals surface area (Å²) in [6.45, 7) is 0. The van der Waals surface area contributed by atoms with E-state index in [-0.39, 0.29) is 31.4 Å². The topological polar surface area (TPSA) is 0 Å². The monoisotopic (exact) mass is 973 g/mol. The van der Waals surface area contributed by atoms with Crippen LogP contribution in [0.1, 0.15) is 29.7 Å². The summed E-state index contributed by atoms with van der Waals surface area (Å²) in [6.07, 6.45) is 3.48. The van der Waals surface area contributed by atoms with Crippen LogP contribution in [0.4, 0.5) is 0 Å². The third kappa shape index (κ3) is 9.50. The molecule has 0 saturated carbocycles. The molecule has 0 aliphatic heterocycles. The molecule has 0 radical (unpaired) electrons. The van der Waals surface area contributed by atoms with E-state index in [0.717, 1.165) is 6.42 Å². The van der Waals surface area contributed by atoms with Gasteiger partial charge in [-0.3, -0.25) is 0 Å². The van der Waals surface area contributed by atoms with Crippen molar-refractivity contribution in [1.29, 1.82) is 0 Å². The van der Waals surface area contributed by atoms with E-state index in [4.69, 9.17) is 0 Å². The van der Waals surface area contributed by atoms with Gasteiger partial charge in [0.25, 0.3) is 0 Å². The summed E-state index contributed by atoms with van der Waals surface area (Å²) < 4.78 is 0. The van der Waals surface area contributed by atoms with Crippen molar-refractivity contribution < 1.29 is 13.3 Å². The summed E-state index contributed by atoms with van der Waals surface area (Å²) in [4.78, 5) is 0. The Morgan fingerprint density at radius 3 is 1.27 bits per heavy atom. The Hall–Kier alpha value is 2.82. The predicted octanol–water partition coefficient (Wildman–Crippen LogP) is 5.18. The summed E-state index contributed by atoms with van der Waals surface area (Å²) in [6, 6.07) is 17.6. The van der Waals surface area contributed by atoms with Crippen LogP contribution in [0.5, 0.6) is 0 Å². The van der Waals surface area contributed by atoms with Crippen molar-refractivity contribution in [3.8, 4) is 0 Å². The maximum atomic E-state index is 2.39. The average Bonchev–Trinajstić information content (AvgIpc) is 2.69. The first-order valence-electron chi connectivity index (χ1n) is 6.00. The van der Waals surface area contributed by atoms with Crippen molar-refractivity contribution in [3.63, 3.8) is 0 Å². The van der Waals surface area contributed by atoms with Gasteiger partial charge in [0.1, 0.15) is 0 Å². The van der Waals surface area contributed by atoms with E-state index in [2.05, 4.69) is 123 Å². The van der Waals surface area contributed by atoms with Gasteiger partial charge in [-0.25, -0.2) is 0 Å². The van der Waals surface area contributed by atoms with E-state index in [1.54, 1.807) is 0 Å². The van der Waals surface area contributed by atoms with Gasteiger partial charge in [-0.2, -0.15) is 0 Å². The number of hydrogen-bond acceptors (Lipinski definition) is 0. The zero-order valence-corrected chi connectivity index (χ0v) is 24.2. The van der Waals surface area contributed by atoms with Gasteiger partial charge in [-0.15, -0.1) is 24.0 Å². The fraction of sp³-hybridized carbons (Fsp3) is 0.250. The quantitative estimate of drug-likeness (QED) is 0.320. The summed E-state index contributed by atoms with van der Waals surface area (Å²) in [5.74, 6) is 0. The van der Waals surface area contributed by atoms with E-state index in [1.165, 1.54) is 35.1 Å². The molecule has 0 fully saturated rings. The minimum Gasteiger partial charge on any atom is -0.0620 e. The second-order valence-electron chi connectivity index (χ2n) is 4.27. The SMILES string of the molecule is C.I.II.I[I-]I.c1ccc2c(c1)CCc1ccccc1C2. The molecule has 0 atom stereocenters. The van der Waals surface area contributed by atoms with Gasteiger partial charge >= 0.3 is 50.5 Å². The number of benzene rings is 2. The van der Waals surface area contributed by atoms with Crippen molar-refractivity contribution in [2.45, 2.75) is 26.7 Å². The van der Waals surface area contributed by atoms with Crippen molar-refractivity contribution in [1.82, 2.24) is 0 Å². The Balaban J connectivity index is 0. The number of aryl methyl sites for hydroxylation is 2. The van der Waals surface area contributed by atoms with Crippen LogP contribution in [0.25, 0.3) is 0 Å². The zero-order valence-electron chi connectivity index (χ0n) is 11.0. The van der Waals surface area contributed by atoms with Crippen LogP contribution in [-0.2, 0) is 19.3 Å². The van der Waals surface area contributed by atoms with Crippen LogP contribution < -0.4 is 13.3 Å². The first kappa shape index (κ1) is 27.0. The Kier molecular flexibility index (Phi) is 21.2. The smallest absolute Gasteiger partial charge is 0.00203 e. The van der Waals surface area contributed by atoms with Crippen molar-refractivity contribution in [3.05, 3.63) is 70.8 Å². The molecule has 6 heteroatoms. The number of hydrogen-bond donors (Lipinski definition) is 0. The van der Waals surface area contributed by atoms with Crippen molar-refractivity contribution >= 4 is 98.4 Å². The van der Waals surface area contributed by atoms with Gasteiger partial charge in [0.05, 0.1) is 0 Å². The van der Waals surface area contributed by atoms with E-state index in [0.29, 0.717) is 13.3 Å². The fourth-order valence-electron chi connectivity index (χ4n) is 2.42. The van der Waals surface area contributed by atoms with E-state index in [9.17, 15) is 0 Å². The third-order valence-electron chi connectivity index (χ3n) is 3.28. The summed E-state index contributed by atoms with van der Waals surface area (Å²) in [5.41, 5.74) is 6.05. The second-order valence-corrected chi connectivity index (χ2v) is 20.5. The molecule has 0 aromatic heterocycles. The first-order chi connectivity index (χ1) is 9.85. The number of halogens is 6. The van der Waals surface area contributed by atoms with Crippen LogP contribution in [0.15, 0.2) is 48.5 Å². The molecule has 0 saturated heterocycles. The van der Waals surface area contributed by atoms with Gasteiger partial charge in [-0.1, -0.05) is 56.0 Å². The molecule has 126 valence electrons. The maximum Gasteiger partial charge on any atom is -0.00203 e. The molecule has 1 aliphatic carbocycles. The Morgan fingerprint density at radius 2 is 0.955 bits per heavy atom. The van der Waals surface area contributed by atoms with Crippen molar-refractivity contribution in [2.75, 3.05) is 0 Å². The van der Waals surface area contributed by atoms with Crippen molar-refractivity contribution in [2.24, 2.45) is 0 Å². The largest absolute Gasteiger partial charge is 0.0620 e. The van der Waals surface area contributed by atoms with Crippen LogP contribution >= 0.6 is 98.4 Å². The van der Waals surface area contributed by atoms with Crippen LogP contribution in [0.2, 0.25) is 0 Å². The molecular weight excluding hydrogens is 954 g/mol. The van der Waals surface area contributed by atoms with Gasteiger partial charge in [0.2, 0.25) is 0 Å². The standard InChI is InChI=1S/C15H14.CH4.I3.I2.HI/c1-3-7-14-11-15-8-4-2-6-13(15)10-9-12(14)5-1;;1-3-2;1-2;/h1-8H,9-11H2;1H4;;;1H/q;;-1;;. The molecule has 0 spiro atoms. The van der Waals surface area contributed by atoms with Crippen LogP contribution in [-0.4, -0.2) is 0 Å². The number of fused-ring (bicyclic) bond motifs is 2. The maximum absolute atomic E-state index is 2.39. The first-order valence-corrected chi connectivity index (χ1v) is 24.9. The average molecular weight is 973 g/mol. The zero-order chi connectivity index (χ0) is 14.8. The minimum absolute atomic E-state index is 0. The Morgan fingerprint density at radius 1 is 0.682 bits per heavy atom. The van der Waals surface area contributed by atoms with Gasteiger partial charge < -0.3 is 0 Å². The summed E-state index contributed by atoms with van der Waals surface area (Å²) in [7, 11) is 0. The molecule has 0 unspecified atom stereocenters. The molecule has 2 aromatic carbocycles. The third-order valence-corrected chi connectivity index (χ3v) is 3.28. The summed E-state index contributed by atoms with van der Waals surface area (Å²) >= 11 is 9.54. The second kappa shape index (κ2) is 17.2. The normalized spacial score (nSPS) is 10.7. The summed E-state index contributed by atoms with van der Waals surface area (Å²) in [5, 5.41) is 0. The van der Waals surface area contributed by atoms with E-state index >= 15 is 0 Å². The van der Waals surface area contributed by atoms with Gasteiger partial charge in [0.15, 0.2) is 0 Å². The molecule has 22 heavy (non-hydrogen) atoms. The van der Waals surface area contributed by atoms with E-state index < -0.39 is 0 Å². The fourth-order valence-corrected chi connectivity index (χ4v) is 2.42. The van der Waals surface area contributed by atoms with Crippen LogP contribution in [0, 0.1) is 0 Å². The molecule has 0 bridgehead atoms. The molecule has 1 aliphatic rings. The minimum atomic E-state index is 0. The van der Waals surface area contributed by atoms with E-state index in [1.807, 2.05) is 0 Å². The Bertz CT molecular complexity index is 470. The Labute approximate surface area is 205 Å². The molecule has 2 aromatic rings. The number of rotatable bonds is 0.